The molecule has 0 unspecified atom stereocenters. The molecule has 0 radical (unpaired) electrons. The van der Waals surface area contributed by atoms with Crippen molar-refractivity contribution in [1.29, 1.82) is 0 Å². The summed E-state index contributed by atoms with van der Waals surface area (Å²) in [4.78, 5) is 37.8. The highest BCUT2D eigenvalue weighted by Crippen LogP contribution is 2.29. The lowest BCUT2D eigenvalue weighted by molar-refractivity contribution is -0.145. The highest BCUT2D eigenvalue weighted by Gasteiger charge is 2.35. The lowest BCUT2D eigenvalue weighted by atomic mass is 9.95. The second kappa shape index (κ2) is 14.4. The Labute approximate surface area is 202 Å². The summed E-state index contributed by atoms with van der Waals surface area (Å²) in [5, 5.41) is 15.7. The van der Waals surface area contributed by atoms with Crippen molar-refractivity contribution in [3.63, 3.8) is 0 Å². The van der Waals surface area contributed by atoms with Gasteiger partial charge in [-0.25, -0.2) is 0 Å². The number of esters is 1. The van der Waals surface area contributed by atoms with Crippen molar-refractivity contribution in [2.45, 2.75) is 69.4 Å². The van der Waals surface area contributed by atoms with Gasteiger partial charge in [0.25, 0.3) is 0 Å². The van der Waals surface area contributed by atoms with Crippen molar-refractivity contribution in [2.24, 2.45) is 5.92 Å². The Kier molecular flexibility index (Phi) is 11.5. The number of carbonyl (C=O) groups excluding carboxylic acids is 3. The first kappa shape index (κ1) is 27.3. The highest BCUT2D eigenvalue weighted by molar-refractivity contribution is 5.86. The second-order valence-corrected chi connectivity index (χ2v) is 9.02. The van der Waals surface area contributed by atoms with Crippen LogP contribution in [0.25, 0.3) is 0 Å². The number of amides is 2. The molecular formula is C27H38N2O5. The van der Waals surface area contributed by atoms with Crippen LogP contribution in [0.4, 0.5) is 0 Å². The van der Waals surface area contributed by atoms with E-state index in [1.807, 2.05) is 30.3 Å². The molecule has 2 atom stereocenters. The van der Waals surface area contributed by atoms with E-state index in [2.05, 4.69) is 23.8 Å². The normalized spacial score (nSPS) is 16.1. The van der Waals surface area contributed by atoms with Crippen molar-refractivity contribution >= 4 is 17.8 Å². The number of hydrogen-bond donors (Lipinski definition) is 3. The predicted octanol–water partition coefficient (Wildman–Crippen LogP) is 3.23. The molecule has 2 amide bonds. The zero-order chi connectivity index (χ0) is 24.8. The van der Waals surface area contributed by atoms with Gasteiger partial charge in [-0.05, 0) is 37.7 Å². The van der Waals surface area contributed by atoms with E-state index in [4.69, 9.17) is 4.74 Å². The molecule has 186 valence electrons. The van der Waals surface area contributed by atoms with Crippen LogP contribution in [0.2, 0.25) is 0 Å². The van der Waals surface area contributed by atoms with Gasteiger partial charge in [0.1, 0.15) is 6.61 Å². The first-order valence-electron chi connectivity index (χ1n) is 12.0. The predicted molar refractivity (Wildman–Crippen MR) is 132 cm³/mol. The molecule has 34 heavy (non-hydrogen) atoms. The van der Waals surface area contributed by atoms with Crippen LogP contribution < -0.4 is 10.6 Å². The van der Waals surface area contributed by atoms with E-state index in [0.29, 0.717) is 19.3 Å². The SMILES string of the molecule is C=CCCC(=O)OC[C@@H](Cc1ccccc1)NC(=O)[C@H](CC=C)CC(=O)NC1(CO)CCCC1. The van der Waals surface area contributed by atoms with E-state index < -0.39 is 17.5 Å². The van der Waals surface area contributed by atoms with E-state index >= 15 is 0 Å². The molecule has 0 aromatic heterocycles. The number of aliphatic hydroxyl groups excluding tert-OH is 1. The first-order chi connectivity index (χ1) is 16.4. The van der Waals surface area contributed by atoms with Gasteiger partial charge < -0.3 is 20.5 Å². The molecule has 1 saturated carbocycles. The topological polar surface area (TPSA) is 105 Å². The average Bonchev–Trinajstić information content (AvgIpc) is 3.30. The van der Waals surface area contributed by atoms with Crippen LogP contribution in [0.3, 0.4) is 0 Å². The number of allylic oxidation sites excluding steroid dienone is 2. The molecule has 7 heteroatoms. The summed E-state index contributed by atoms with van der Waals surface area (Å²) in [7, 11) is 0. The molecular weight excluding hydrogens is 432 g/mol. The number of carbonyl (C=O) groups is 3. The van der Waals surface area contributed by atoms with E-state index in [1.165, 1.54) is 0 Å². The Morgan fingerprint density at radius 1 is 1.12 bits per heavy atom. The number of benzene rings is 1. The molecule has 3 N–H and O–H groups in total. The van der Waals surface area contributed by atoms with Gasteiger partial charge in [-0.2, -0.15) is 0 Å². The number of ether oxygens (including phenoxy) is 1. The molecule has 1 aromatic rings. The average molecular weight is 471 g/mol. The molecule has 0 saturated heterocycles. The van der Waals surface area contributed by atoms with Gasteiger partial charge in [0, 0.05) is 12.8 Å². The summed E-state index contributed by atoms with van der Waals surface area (Å²) >= 11 is 0. The number of hydrogen-bond acceptors (Lipinski definition) is 5. The van der Waals surface area contributed by atoms with Crippen molar-refractivity contribution in [3.05, 3.63) is 61.2 Å². The van der Waals surface area contributed by atoms with Gasteiger partial charge in [0.2, 0.25) is 11.8 Å². The zero-order valence-corrected chi connectivity index (χ0v) is 20.0. The fourth-order valence-electron chi connectivity index (χ4n) is 4.28. The second-order valence-electron chi connectivity index (χ2n) is 9.02. The monoisotopic (exact) mass is 470 g/mol. The molecule has 0 spiro atoms. The number of aliphatic hydroxyl groups is 1. The van der Waals surface area contributed by atoms with Crippen LogP contribution in [-0.2, 0) is 25.5 Å². The zero-order valence-electron chi connectivity index (χ0n) is 20.0. The summed E-state index contributed by atoms with van der Waals surface area (Å²) in [5.41, 5.74) is 0.418. The van der Waals surface area contributed by atoms with Gasteiger partial charge >= 0.3 is 5.97 Å². The summed E-state index contributed by atoms with van der Waals surface area (Å²) in [5.74, 6) is -1.50. The standard InChI is InChI=1S/C27H38N2O5/c1-3-5-14-25(32)34-19-23(17-21-12-7-6-8-13-21)28-26(33)22(11-4-2)18-24(31)29-27(20-30)15-9-10-16-27/h3-4,6-8,12-13,22-23,30H,1-2,5,9-11,14-20H2,(H,28,33)(H,29,31)/t22-,23-/m1/s1. The minimum Gasteiger partial charge on any atom is -0.463 e. The third kappa shape index (κ3) is 9.14. The number of nitrogens with one attached hydrogen (secondary N) is 2. The van der Waals surface area contributed by atoms with E-state index in [0.717, 1.165) is 31.2 Å². The molecule has 0 aliphatic heterocycles. The molecule has 0 bridgehead atoms. The van der Waals surface area contributed by atoms with Crippen LogP contribution in [0, 0.1) is 5.92 Å². The first-order valence-corrected chi connectivity index (χ1v) is 12.0. The van der Waals surface area contributed by atoms with Crippen molar-refractivity contribution in [1.82, 2.24) is 10.6 Å². The fourth-order valence-corrected chi connectivity index (χ4v) is 4.28. The minimum absolute atomic E-state index is 0.00319. The van der Waals surface area contributed by atoms with Crippen molar-refractivity contribution < 1.29 is 24.2 Å². The molecule has 1 aliphatic carbocycles. The van der Waals surface area contributed by atoms with Crippen molar-refractivity contribution in [3.8, 4) is 0 Å². The number of rotatable bonds is 15. The minimum atomic E-state index is -0.607. The molecule has 1 aromatic carbocycles. The van der Waals surface area contributed by atoms with Gasteiger partial charge in [0.15, 0.2) is 0 Å². The van der Waals surface area contributed by atoms with Crippen LogP contribution in [0.1, 0.15) is 56.9 Å². The maximum Gasteiger partial charge on any atom is 0.306 e. The van der Waals surface area contributed by atoms with E-state index in [-0.39, 0.29) is 43.8 Å². The van der Waals surface area contributed by atoms with Crippen LogP contribution in [0.5, 0.6) is 0 Å². The lowest BCUT2D eigenvalue weighted by Crippen LogP contribution is -2.50. The Bertz CT molecular complexity index is 818. The van der Waals surface area contributed by atoms with Crippen LogP contribution >= 0.6 is 0 Å². The van der Waals surface area contributed by atoms with Gasteiger partial charge in [-0.3, -0.25) is 14.4 Å². The van der Waals surface area contributed by atoms with Gasteiger partial charge in [-0.15, -0.1) is 13.2 Å². The van der Waals surface area contributed by atoms with E-state index in [9.17, 15) is 19.5 Å². The summed E-state index contributed by atoms with van der Waals surface area (Å²) in [6.45, 7) is 7.27. The largest absolute Gasteiger partial charge is 0.463 e. The Balaban J connectivity index is 2.02. The Hall–Kier alpha value is -2.93. The molecule has 7 nitrogen and oxygen atoms in total. The molecule has 2 rings (SSSR count). The lowest BCUT2D eigenvalue weighted by Gasteiger charge is -2.29. The fraction of sp³-hybridized carbons (Fsp3) is 0.519. The third-order valence-corrected chi connectivity index (χ3v) is 6.19. The van der Waals surface area contributed by atoms with Crippen LogP contribution in [0.15, 0.2) is 55.6 Å². The van der Waals surface area contributed by atoms with Gasteiger partial charge in [-0.1, -0.05) is 55.3 Å². The quantitative estimate of drug-likeness (QED) is 0.270. The van der Waals surface area contributed by atoms with Gasteiger partial charge in [0.05, 0.1) is 24.1 Å². The summed E-state index contributed by atoms with van der Waals surface area (Å²) in [6, 6.07) is 9.20. The maximum atomic E-state index is 13.1. The molecule has 1 aliphatic rings. The molecule has 1 fully saturated rings. The maximum absolute atomic E-state index is 13.1. The summed E-state index contributed by atoms with van der Waals surface area (Å²) in [6.07, 6.45) is 8.27. The summed E-state index contributed by atoms with van der Waals surface area (Å²) < 4.78 is 5.39. The van der Waals surface area contributed by atoms with Crippen LogP contribution in [-0.4, -0.2) is 47.7 Å². The van der Waals surface area contributed by atoms with Crippen molar-refractivity contribution in [2.75, 3.05) is 13.2 Å². The Morgan fingerprint density at radius 2 is 1.82 bits per heavy atom. The van der Waals surface area contributed by atoms with E-state index in [1.54, 1.807) is 12.2 Å². The highest BCUT2D eigenvalue weighted by atomic mass is 16.5. The Morgan fingerprint density at radius 3 is 2.44 bits per heavy atom. The molecule has 0 heterocycles. The third-order valence-electron chi connectivity index (χ3n) is 6.19. The smallest absolute Gasteiger partial charge is 0.306 e.